The Kier molecular flexibility index (Phi) is 3.19. The summed E-state index contributed by atoms with van der Waals surface area (Å²) in [6.45, 7) is 2.04. The molecule has 0 aromatic heterocycles. The maximum Gasteiger partial charge on any atom is 0.345 e. The Balaban J connectivity index is 2.48. The first-order valence-corrected chi connectivity index (χ1v) is 3.67. The summed E-state index contributed by atoms with van der Waals surface area (Å²) in [6.07, 6.45) is -0.392. The van der Waals surface area contributed by atoms with Gasteiger partial charge in [0.05, 0.1) is 6.10 Å². The minimum Gasteiger partial charge on any atom is -0.393 e. The van der Waals surface area contributed by atoms with E-state index in [4.69, 9.17) is 9.47 Å². The van der Waals surface area contributed by atoms with E-state index in [0.717, 1.165) is 0 Å². The molecule has 1 fully saturated rings. The van der Waals surface area contributed by atoms with Crippen LogP contribution in [-0.2, 0) is 23.8 Å². The molecule has 1 aliphatic rings. The van der Waals surface area contributed by atoms with Gasteiger partial charge in [-0.2, -0.15) is 0 Å². The van der Waals surface area contributed by atoms with E-state index in [9.17, 15) is 9.59 Å². The van der Waals surface area contributed by atoms with Gasteiger partial charge in [0.25, 0.3) is 0 Å². The second-order valence-electron chi connectivity index (χ2n) is 2.35. The molecule has 1 rings (SSSR count). The van der Waals surface area contributed by atoms with Crippen molar-refractivity contribution >= 4 is 12.4 Å². The summed E-state index contributed by atoms with van der Waals surface area (Å²) in [4.78, 5) is 20.8. The van der Waals surface area contributed by atoms with Crippen molar-refractivity contribution in [2.45, 2.75) is 25.6 Å². The fourth-order valence-corrected chi connectivity index (χ4v) is 1.06. The van der Waals surface area contributed by atoms with Crippen LogP contribution in [0, 0.1) is 0 Å². The van der Waals surface area contributed by atoms with Crippen molar-refractivity contribution in [2.75, 3.05) is 6.79 Å². The predicted octanol–water partition coefficient (Wildman–Crippen LogP) is -0.163. The fourth-order valence-electron chi connectivity index (χ4n) is 1.06. The average molecular weight is 174 g/mol. The van der Waals surface area contributed by atoms with Gasteiger partial charge in [-0.25, -0.2) is 4.79 Å². The van der Waals surface area contributed by atoms with Crippen LogP contribution >= 0.6 is 0 Å². The molecule has 2 unspecified atom stereocenters. The summed E-state index contributed by atoms with van der Waals surface area (Å²) < 4.78 is 14.1. The zero-order valence-corrected chi connectivity index (χ0v) is 6.69. The molecular weight excluding hydrogens is 164 g/mol. The highest BCUT2D eigenvalue weighted by Crippen LogP contribution is 2.16. The van der Waals surface area contributed by atoms with Crippen LogP contribution in [0.2, 0.25) is 0 Å². The van der Waals surface area contributed by atoms with E-state index < -0.39 is 12.1 Å². The summed E-state index contributed by atoms with van der Waals surface area (Å²) in [6, 6.07) is 0. The number of rotatable bonds is 3. The van der Waals surface area contributed by atoms with Gasteiger partial charge < -0.3 is 14.2 Å². The highest BCUT2D eigenvalue weighted by molar-refractivity contribution is 5.81. The molecule has 5 nitrogen and oxygen atoms in total. The van der Waals surface area contributed by atoms with E-state index in [-0.39, 0.29) is 19.4 Å². The van der Waals surface area contributed by atoms with Gasteiger partial charge in [-0.1, -0.05) is 6.92 Å². The van der Waals surface area contributed by atoms with Crippen molar-refractivity contribution in [2.24, 2.45) is 0 Å². The third-order valence-electron chi connectivity index (χ3n) is 1.67. The zero-order valence-electron chi connectivity index (χ0n) is 6.69. The number of ether oxygens (including phenoxy) is 3. The quantitative estimate of drug-likeness (QED) is 0.338. The maximum absolute atomic E-state index is 11.0. The summed E-state index contributed by atoms with van der Waals surface area (Å²) in [7, 11) is 0. The third kappa shape index (κ3) is 1.80. The molecule has 0 aromatic rings. The smallest absolute Gasteiger partial charge is 0.345 e. The van der Waals surface area contributed by atoms with Crippen LogP contribution in [0.1, 0.15) is 13.3 Å². The Hall–Kier alpha value is -0.940. The molecule has 12 heavy (non-hydrogen) atoms. The van der Waals surface area contributed by atoms with Gasteiger partial charge in [-0.3, -0.25) is 4.79 Å². The zero-order chi connectivity index (χ0) is 8.97. The van der Waals surface area contributed by atoms with E-state index in [1.807, 2.05) is 6.92 Å². The Morgan fingerprint density at radius 1 is 1.67 bits per heavy atom. The number of esters is 1. The summed E-state index contributed by atoms with van der Waals surface area (Å²) >= 11 is 0. The highest BCUT2D eigenvalue weighted by atomic mass is 16.7. The van der Waals surface area contributed by atoms with Crippen LogP contribution in [0.4, 0.5) is 0 Å². The highest BCUT2D eigenvalue weighted by Gasteiger charge is 2.35. The minimum absolute atomic E-state index is 0.0805. The predicted molar refractivity (Wildman–Crippen MR) is 37.1 cm³/mol. The first-order valence-electron chi connectivity index (χ1n) is 3.67. The molecule has 0 aliphatic carbocycles. The molecule has 0 amide bonds. The molecule has 1 saturated heterocycles. The van der Waals surface area contributed by atoms with Crippen LogP contribution in [-0.4, -0.2) is 31.4 Å². The summed E-state index contributed by atoms with van der Waals surface area (Å²) in [5, 5.41) is 0. The van der Waals surface area contributed by atoms with Crippen molar-refractivity contribution in [1.29, 1.82) is 0 Å². The lowest BCUT2D eigenvalue weighted by atomic mass is 10.1. The number of carbonyl (C=O) groups is 2. The van der Waals surface area contributed by atoms with Gasteiger partial charge in [0.2, 0.25) is 0 Å². The summed E-state index contributed by atoms with van der Waals surface area (Å²) in [5.41, 5.74) is 0. The van der Waals surface area contributed by atoms with Crippen LogP contribution < -0.4 is 0 Å². The Labute approximate surface area is 69.6 Å². The van der Waals surface area contributed by atoms with E-state index in [1.54, 1.807) is 0 Å². The van der Waals surface area contributed by atoms with Gasteiger partial charge in [-0.15, -0.1) is 0 Å². The lowest BCUT2D eigenvalue weighted by Gasteiger charge is -2.10. The molecule has 0 N–H and O–H groups in total. The lowest BCUT2D eigenvalue weighted by Crippen LogP contribution is -2.32. The first kappa shape index (κ1) is 9.15. The van der Waals surface area contributed by atoms with Crippen molar-refractivity contribution < 1.29 is 23.8 Å². The Morgan fingerprint density at radius 3 is 3.00 bits per heavy atom. The summed E-state index contributed by atoms with van der Waals surface area (Å²) in [5.74, 6) is -0.686. The van der Waals surface area contributed by atoms with E-state index in [2.05, 4.69) is 4.74 Å². The van der Waals surface area contributed by atoms with Crippen molar-refractivity contribution in [1.82, 2.24) is 0 Å². The van der Waals surface area contributed by atoms with Crippen molar-refractivity contribution in [3.63, 3.8) is 0 Å². The molecule has 1 heterocycles. The number of carbonyl (C=O) groups excluding carboxylic acids is 2. The Morgan fingerprint density at radius 2 is 2.42 bits per heavy atom. The standard InChI is InChI=1S/C7H10O5/c1-2-5-6(12-4-11-5)7(9)10-3-8/h3,5-6H,2,4H2,1H3. The Bertz CT molecular complexity index is 179. The molecule has 1 aliphatic heterocycles. The monoisotopic (exact) mass is 174 g/mol. The molecule has 0 bridgehead atoms. The van der Waals surface area contributed by atoms with E-state index in [1.165, 1.54) is 0 Å². The molecule has 0 spiro atoms. The van der Waals surface area contributed by atoms with Gasteiger partial charge in [0, 0.05) is 0 Å². The largest absolute Gasteiger partial charge is 0.393 e. The molecule has 0 saturated carbocycles. The second-order valence-corrected chi connectivity index (χ2v) is 2.35. The van der Waals surface area contributed by atoms with Crippen molar-refractivity contribution in [3.8, 4) is 0 Å². The maximum atomic E-state index is 11.0. The van der Waals surface area contributed by atoms with E-state index in [0.29, 0.717) is 6.42 Å². The van der Waals surface area contributed by atoms with Gasteiger partial charge in [-0.05, 0) is 6.42 Å². The van der Waals surface area contributed by atoms with Crippen LogP contribution in [0.15, 0.2) is 0 Å². The minimum atomic E-state index is -0.750. The van der Waals surface area contributed by atoms with Crippen LogP contribution in [0.3, 0.4) is 0 Å². The normalized spacial score (nSPS) is 28.4. The number of hydrogen-bond acceptors (Lipinski definition) is 5. The lowest BCUT2D eigenvalue weighted by molar-refractivity contribution is -0.159. The van der Waals surface area contributed by atoms with E-state index >= 15 is 0 Å². The first-order chi connectivity index (χ1) is 5.79. The van der Waals surface area contributed by atoms with Crippen molar-refractivity contribution in [3.05, 3.63) is 0 Å². The second kappa shape index (κ2) is 4.18. The third-order valence-corrected chi connectivity index (χ3v) is 1.67. The molecule has 68 valence electrons. The van der Waals surface area contributed by atoms with Gasteiger partial charge in [0.15, 0.2) is 6.10 Å². The number of hydrogen-bond donors (Lipinski definition) is 0. The topological polar surface area (TPSA) is 61.8 Å². The fraction of sp³-hybridized carbons (Fsp3) is 0.714. The van der Waals surface area contributed by atoms with Crippen LogP contribution in [0.5, 0.6) is 0 Å². The molecule has 0 aromatic carbocycles. The SMILES string of the molecule is CCC1OCOC1C(=O)OC=O. The molecule has 5 heteroatoms. The van der Waals surface area contributed by atoms with Gasteiger partial charge in [0.1, 0.15) is 6.79 Å². The van der Waals surface area contributed by atoms with Crippen LogP contribution in [0.25, 0.3) is 0 Å². The van der Waals surface area contributed by atoms with Gasteiger partial charge >= 0.3 is 12.4 Å². The molecular formula is C7H10O5. The molecule has 0 radical (unpaired) electrons. The molecule has 2 atom stereocenters. The average Bonchev–Trinajstić information content (AvgIpc) is 2.51.